The summed E-state index contributed by atoms with van der Waals surface area (Å²) in [7, 11) is 0. The van der Waals surface area contributed by atoms with Gasteiger partial charge in [0.2, 0.25) is 5.91 Å². The molecule has 3 aromatic rings. The molecule has 0 aromatic heterocycles. The molecule has 0 saturated carbocycles. The van der Waals surface area contributed by atoms with E-state index in [0.29, 0.717) is 18.8 Å². The number of amides is 1. The van der Waals surface area contributed by atoms with Gasteiger partial charge in [0, 0.05) is 25.2 Å². The van der Waals surface area contributed by atoms with Crippen LogP contribution < -0.4 is 10.1 Å². The van der Waals surface area contributed by atoms with Gasteiger partial charge in [-0.15, -0.1) is 0 Å². The molecular weight excluding hydrogens is 454 g/mol. The Kier molecular flexibility index (Phi) is 10.2. The minimum atomic E-state index is -0.878. The average Bonchev–Trinajstić information content (AvgIpc) is 2.91. The monoisotopic (exact) mass is 487 g/mol. The Labute approximate surface area is 212 Å². The van der Waals surface area contributed by atoms with Gasteiger partial charge in [-0.1, -0.05) is 86.6 Å². The summed E-state index contributed by atoms with van der Waals surface area (Å²) < 4.78 is 11.3. The lowest BCUT2D eigenvalue weighted by molar-refractivity contribution is -0.149. The number of carbonyl (C=O) groups excluding carboxylic acids is 3. The predicted molar refractivity (Wildman–Crippen MR) is 138 cm³/mol. The highest BCUT2D eigenvalue weighted by Gasteiger charge is 2.26. The van der Waals surface area contributed by atoms with Gasteiger partial charge in [0.1, 0.15) is 30.8 Å². The third-order valence-electron chi connectivity index (χ3n) is 5.81. The molecule has 0 bridgehead atoms. The van der Waals surface area contributed by atoms with Crippen molar-refractivity contribution < 1.29 is 23.9 Å². The van der Waals surface area contributed by atoms with Crippen LogP contribution in [0.3, 0.4) is 0 Å². The molecule has 0 heterocycles. The molecule has 6 heteroatoms. The molecule has 0 saturated heterocycles. The van der Waals surface area contributed by atoms with E-state index in [1.165, 1.54) is 0 Å². The highest BCUT2D eigenvalue weighted by molar-refractivity contribution is 5.89. The van der Waals surface area contributed by atoms with E-state index in [-0.39, 0.29) is 31.1 Å². The molecule has 1 N–H and O–H groups in total. The van der Waals surface area contributed by atoms with E-state index in [2.05, 4.69) is 5.32 Å². The van der Waals surface area contributed by atoms with E-state index in [9.17, 15) is 14.4 Å². The van der Waals surface area contributed by atoms with Crippen molar-refractivity contribution in [3.63, 3.8) is 0 Å². The van der Waals surface area contributed by atoms with Gasteiger partial charge in [0.05, 0.1) is 0 Å². The van der Waals surface area contributed by atoms with Crippen molar-refractivity contribution in [1.82, 2.24) is 5.32 Å². The van der Waals surface area contributed by atoms with Crippen LogP contribution in [0.2, 0.25) is 0 Å². The fraction of sp³-hybridized carbons (Fsp3) is 0.300. The lowest BCUT2D eigenvalue weighted by Gasteiger charge is -2.20. The van der Waals surface area contributed by atoms with E-state index in [4.69, 9.17) is 9.47 Å². The number of Topliss-reactive ketones (excluding diaryl/α,β-unsaturated/α-hetero) is 1. The van der Waals surface area contributed by atoms with Crippen LogP contribution in [0, 0.1) is 5.92 Å². The first-order chi connectivity index (χ1) is 17.4. The molecule has 0 aliphatic carbocycles. The summed E-state index contributed by atoms with van der Waals surface area (Å²) in [5, 5.41) is 2.80. The first-order valence-corrected chi connectivity index (χ1v) is 12.2. The SMILES string of the molecule is CCC(=O)C[C@@H](C)C(=O)N[C@@H](Cc1ccc(OCc2ccccc2)cc1)C(=O)OCc1ccccc1. The van der Waals surface area contributed by atoms with Crippen molar-refractivity contribution in [2.45, 2.75) is 52.4 Å². The zero-order valence-corrected chi connectivity index (χ0v) is 20.8. The van der Waals surface area contributed by atoms with Gasteiger partial charge < -0.3 is 14.8 Å². The van der Waals surface area contributed by atoms with Crippen molar-refractivity contribution in [3.05, 3.63) is 102 Å². The van der Waals surface area contributed by atoms with Gasteiger partial charge in [0.25, 0.3) is 0 Å². The lowest BCUT2D eigenvalue weighted by Crippen LogP contribution is -2.45. The fourth-order valence-corrected chi connectivity index (χ4v) is 3.61. The van der Waals surface area contributed by atoms with E-state index in [0.717, 1.165) is 16.7 Å². The van der Waals surface area contributed by atoms with Crippen LogP contribution in [-0.4, -0.2) is 23.7 Å². The van der Waals surface area contributed by atoms with Gasteiger partial charge in [0.15, 0.2) is 0 Å². The second-order valence-corrected chi connectivity index (χ2v) is 8.77. The Balaban J connectivity index is 1.64. The maximum atomic E-state index is 13.0. The van der Waals surface area contributed by atoms with Gasteiger partial charge in [-0.25, -0.2) is 4.79 Å². The molecule has 3 rings (SSSR count). The minimum Gasteiger partial charge on any atom is -0.489 e. The summed E-state index contributed by atoms with van der Waals surface area (Å²) in [6, 6.07) is 25.8. The number of esters is 1. The summed E-state index contributed by atoms with van der Waals surface area (Å²) in [6.45, 7) is 4.03. The molecule has 36 heavy (non-hydrogen) atoms. The summed E-state index contributed by atoms with van der Waals surface area (Å²) >= 11 is 0. The summed E-state index contributed by atoms with van der Waals surface area (Å²) in [4.78, 5) is 37.5. The standard InChI is InChI=1S/C30H33NO5/c1-3-26(32)18-22(2)29(33)31-28(30(34)36-21-25-12-8-5-9-13-25)19-23-14-16-27(17-15-23)35-20-24-10-6-4-7-11-24/h4-17,22,28H,3,18-21H2,1-2H3,(H,31,33)/t22-,28+/m1/s1. The number of ketones is 1. The van der Waals surface area contributed by atoms with E-state index < -0.39 is 17.9 Å². The molecule has 2 atom stereocenters. The molecular formula is C30H33NO5. The van der Waals surface area contributed by atoms with Gasteiger partial charge in [-0.3, -0.25) is 9.59 Å². The molecule has 0 aliphatic rings. The van der Waals surface area contributed by atoms with Crippen molar-refractivity contribution in [1.29, 1.82) is 0 Å². The van der Waals surface area contributed by atoms with E-state index >= 15 is 0 Å². The zero-order chi connectivity index (χ0) is 25.8. The van der Waals surface area contributed by atoms with E-state index in [1.807, 2.05) is 84.9 Å². The first-order valence-electron chi connectivity index (χ1n) is 12.2. The van der Waals surface area contributed by atoms with Gasteiger partial charge in [-0.05, 0) is 28.8 Å². The topological polar surface area (TPSA) is 81.7 Å². The normalized spacial score (nSPS) is 12.3. The highest BCUT2D eigenvalue weighted by Crippen LogP contribution is 2.16. The van der Waals surface area contributed by atoms with Crippen LogP contribution in [-0.2, 0) is 38.8 Å². The van der Waals surface area contributed by atoms with Gasteiger partial charge >= 0.3 is 5.97 Å². The Hall–Kier alpha value is -3.93. The summed E-state index contributed by atoms with van der Waals surface area (Å²) in [5.41, 5.74) is 2.78. The molecule has 0 unspecified atom stereocenters. The Morgan fingerprint density at radius 2 is 1.36 bits per heavy atom. The molecule has 6 nitrogen and oxygen atoms in total. The molecule has 0 spiro atoms. The van der Waals surface area contributed by atoms with Crippen LogP contribution in [0.15, 0.2) is 84.9 Å². The van der Waals surface area contributed by atoms with Crippen LogP contribution in [0.25, 0.3) is 0 Å². The maximum absolute atomic E-state index is 13.0. The van der Waals surface area contributed by atoms with Crippen molar-refractivity contribution in [2.24, 2.45) is 5.92 Å². The number of carbonyl (C=O) groups is 3. The summed E-state index contributed by atoms with van der Waals surface area (Å²) in [6.07, 6.45) is 0.771. The molecule has 0 aliphatic heterocycles. The first kappa shape index (κ1) is 26.7. The van der Waals surface area contributed by atoms with Gasteiger partial charge in [-0.2, -0.15) is 0 Å². The third kappa shape index (κ3) is 8.69. The van der Waals surface area contributed by atoms with Crippen LogP contribution >= 0.6 is 0 Å². The molecule has 3 aromatic carbocycles. The van der Waals surface area contributed by atoms with Crippen molar-refractivity contribution in [2.75, 3.05) is 0 Å². The lowest BCUT2D eigenvalue weighted by atomic mass is 10.0. The number of ether oxygens (including phenoxy) is 2. The van der Waals surface area contributed by atoms with Crippen LogP contribution in [0.5, 0.6) is 5.75 Å². The van der Waals surface area contributed by atoms with E-state index in [1.54, 1.807) is 13.8 Å². The molecule has 1 amide bonds. The highest BCUT2D eigenvalue weighted by atomic mass is 16.5. The average molecular weight is 488 g/mol. The number of hydrogen-bond donors (Lipinski definition) is 1. The van der Waals surface area contributed by atoms with Crippen molar-refractivity contribution >= 4 is 17.7 Å². The quantitative estimate of drug-likeness (QED) is 0.342. The second kappa shape index (κ2) is 13.8. The number of nitrogens with one attached hydrogen (secondary N) is 1. The Bertz CT molecular complexity index is 1110. The molecule has 0 fully saturated rings. The van der Waals surface area contributed by atoms with Crippen LogP contribution in [0.1, 0.15) is 43.4 Å². The minimum absolute atomic E-state index is 0.00643. The Morgan fingerprint density at radius 3 is 1.94 bits per heavy atom. The van der Waals surface area contributed by atoms with Crippen molar-refractivity contribution in [3.8, 4) is 5.75 Å². The number of benzene rings is 3. The summed E-state index contributed by atoms with van der Waals surface area (Å²) in [5.74, 6) is -0.684. The number of rotatable bonds is 13. The fourth-order valence-electron chi connectivity index (χ4n) is 3.61. The Morgan fingerprint density at radius 1 is 0.778 bits per heavy atom. The molecule has 188 valence electrons. The smallest absolute Gasteiger partial charge is 0.329 e. The molecule has 0 radical (unpaired) electrons. The second-order valence-electron chi connectivity index (χ2n) is 8.77. The third-order valence-corrected chi connectivity index (χ3v) is 5.81. The maximum Gasteiger partial charge on any atom is 0.329 e. The largest absolute Gasteiger partial charge is 0.489 e. The van der Waals surface area contributed by atoms with Crippen LogP contribution in [0.4, 0.5) is 0 Å². The zero-order valence-electron chi connectivity index (χ0n) is 20.8. The predicted octanol–water partition coefficient (Wildman–Crippen LogP) is 5.04. The number of hydrogen-bond acceptors (Lipinski definition) is 5.